The molecule has 0 atom stereocenters. The number of hydrogen-bond donors (Lipinski definition) is 1. The molecule has 1 N–H and O–H groups in total. The summed E-state index contributed by atoms with van der Waals surface area (Å²) in [5.74, 6) is -0.551. The molecule has 0 saturated heterocycles. The highest BCUT2D eigenvalue weighted by atomic mass is 32.1. The second kappa shape index (κ2) is 8.28. The van der Waals surface area contributed by atoms with Crippen LogP contribution in [0.1, 0.15) is 25.6 Å². The molecule has 140 valence electrons. The van der Waals surface area contributed by atoms with E-state index >= 15 is 0 Å². The Bertz CT molecular complexity index is 1070. The highest BCUT2D eigenvalue weighted by Crippen LogP contribution is 2.31. The van der Waals surface area contributed by atoms with Gasteiger partial charge in [-0.1, -0.05) is 17.4 Å². The fraction of sp³-hybridized carbons (Fsp3) is 0.105. The van der Waals surface area contributed by atoms with Gasteiger partial charge >= 0.3 is 5.97 Å². The Morgan fingerprint density at radius 1 is 1.18 bits per heavy atom. The van der Waals surface area contributed by atoms with Gasteiger partial charge in [0.15, 0.2) is 5.13 Å². The van der Waals surface area contributed by atoms with Crippen LogP contribution in [0.15, 0.2) is 42.6 Å². The zero-order chi connectivity index (χ0) is 20.1. The van der Waals surface area contributed by atoms with Crippen molar-refractivity contribution in [3.05, 3.63) is 58.6 Å². The Balaban J connectivity index is 1.85. The lowest BCUT2D eigenvalue weighted by Gasteiger charge is -2.04. The van der Waals surface area contributed by atoms with E-state index in [4.69, 9.17) is 4.74 Å². The van der Waals surface area contributed by atoms with Gasteiger partial charge in [0.25, 0.3) is 5.91 Å². The van der Waals surface area contributed by atoms with E-state index in [1.54, 1.807) is 36.5 Å². The molecule has 0 fully saturated rings. The summed E-state index contributed by atoms with van der Waals surface area (Å²) in [5.41, 5.74) is 1.57. The maximum Gasteiger partial charge on any atom is 0.337 e. The van der Waals surface area contributed by atoms with Crippen LogP contribution in [0.3, 0.4) is 0 Å². The molecule has 0 unspecified atom stereocenters. The summed E-state index contributed by atoms with van der Waals surface area (Å²) in [6.07, 6.45) is 1.54. The average molecular weight is 394 g/mol. The third-order valence-electron chi connectivity index (χ3n) is 3.71. The Morgan fingerprint density at radius 3 is 2.61 bits per heavy atom. The second-order valence-corrected chi connectivity index (χ2v) is 6.42. The number of rotatable bonds is 5. The number of methoxy groups -OCH3 is 2. The number of anilines is 1. The summed E-state index contributed by atoms with van der Waals surface area (Å²) >= 11 is 1.05. The van der Waals surface area contributed by atoms with Crippen molar-refractivity contribution in [3.8, 4) is 23.2 Å². The lowest BCUT2D eigenvalue weighted by Crippen LogP contribution is -2.13. The molecule has 9 heteroatoms. The Morgan fingerprint density at radius 2 is 1.96 bits per heavy atom. The number of aromatic nitrogens is 2. The topological polar surface area (TPSA) is 114 Å². The number of benzene rings is 1. The number of nitrogens with zero attached hydrogens (tertiary/aromatic N) is 3. The highest BCUT2D eigenvalue weighted by molar-refractivity contribution is 7.16. The summed E-state index contributed by atoms with van der Waals surface area (Å²) in [7, 11) is 2.78. The first-order valence-corrected chi connectivity index (χ1v) is 8.78. The smallest absolute Gasteiger partial charge is 0.337 e. The number of thiazole rings is 1. The molecular weight excluding hydrogens is 380 g/mol. The summed E-state index contributed by atoms with van der Waals surface area (Å²) in [4.78, 5) is 32.9. The van der Waals surface area contributed by atoms with E-state index < -0.39 is 11.9 Å². The lowest BCUT2D eigenvalue weighted by atomic mass is 10.1. The highest BCUT2D eigenvalue weighted by Gasteiger charge is 2.17. The fourth-order valence-electron chi connectivity index (χ4n) is 2.36. The number of hydrogen-bond acceptors (Lipinski definition) is 8. The number of carbonyl (C=O) groups is 2. The van der Waals surface area contributed by atoms with Crippen LogP contribution in [-0.4, -0.2) is 36.1 Å². The van der Waals surface area contributed by atoms with Gasteiger partial charge in [-0.15, -0.1) is 0 Å². The number of nitrogens with one attached hydrogen (secondary N) is 1. The van der Waals surface area contributed by atoms with Crippen LogP contribution in [0.25, 0.3) is 11.3 Å². The van der Waals surface area contributed by atoms with Crippen LogP contribution in [0.2, 0.25) is 0 Å². The number of ether oxygens (including phenoxy) is 2. The van der Waals surface area contributed by atoms with Crippen LogP contribution < -0.4 is 10.1 Å². The molecule has 0 saturated carbocycles. The molecule has 0 aliphatic heterocycles. The molecule has 2 aromatic heterocycles. The van der Waals surface area contributed by atoms with Crippen molar-refractivity contribution in [2.45, 2.75) is 0 Å². The van der Waals surface area contributed by atoms with E-state index in [1.165, 1.54) is 20.3 Å². The first-order chi connectivity index (χ1) is 13.5. The minimum Gasteiger partial charge on any atom is -0.481 e. The Labute approximate surface area is 164 Å². The van der Waals surface area contributed by atoms with Crippen LogP contribution in [0, 0.1) is 11.3 Å². The van der Waals surface area contributed by atoms with Crippen molar-refractivity contribution in [1.29, 1.82) is 5.26 Å². The first kappa shape index (κ1) is 19.0. The van der Waals surface area contributed by atoms with Crippen molar-refractivity contribution in [2.24, 2.45) is 0 Å². The number of esters is 1. The van der Waals surface area contributed by atoms with Crippen molar-refractivity contribution in [3.63, 3.8) is 0 Å². The predicted octanol–water partition coefficient (Wildman–Crippen LogP) is 3.12. The Hall–Kier alpha value is -3.77. The molecule has 0 bridgehead atoms. The normalized spacial score (nSPS) is 10.0. The van der Waals surface area contributed by atoms with Gasteiger partial charge in [0.05, 0.1) is 19.8 Å². The van der Waals surface area contributed by atoms with Gasteiger partial charge in [-0.05, 0) is 24.3 Å². The van der Waals surface area contributed by atoms with Gasteiger partial charge < -0.3 is 9.47 Å². The van der Waals surface area contributed by atoms with E-state index in [2.05, 4.69) is 26.1 Å². The van der Waals surface area contributed by atoms with Crippen molar-refractivity contribution in [2.75, 3.05) is 19.5 Å². The average Bonchev–Trinajstić information content (AvgIpc) is 3.16. The quantitative estimate of drug-likeness (QED) is 0.661. The number of carbonyl (C=O) groups excluding carboxylic acids is 2. The van der Waals surface area contributed by atoms with Gasteiger partial charge in [0, 0.05) is 23.4 Å². The molecule has 0 aliphatic carbocycles. The van der Waals surface area contributed by atoms with Crippen molar-refractivity contribution >= 4 is 28.3 Å². The molecule has 0 aliphatic rings. The second-order valence-electron chi connectivity index (χ2n) is 5.42. The number of amides is 1. The molecule has 1 aromatic carbocycles. The largest absolute Gasteiger partial charge is 0.481 e. The Kier molecular flexibility index (Phi) is 5.62. The van der Waals surface area contributed by atoms with E-state index in [1.807, 2.05) is 0 Å². The van der Waals surface area contributed by atoms with Gasteiger partial charge in [-0.2, -0.15) is 5.26 Å². The molecule has 2 heterocycles. The van der Waals surface area contributed by atoms with Gasteiger partial charge in [0.1, 0.15) is 16.6 Å². The zero-order valence-corrected chi connectivity index (χ0v) is 15.7. The third kappa shape index (κ3) is 3.97. The van der Waals surface area contributed by atoms with Gasteiger partial charge in [-0.3, -0.25) is 10.1 Å². The van der Waals surface area contributed by atoms with Crippen LogP contribution in [0.4, 0.5) is 5.13 Å². The molecule has 3 aromatic rings. The first-order valence-electron chi connectivity index (χ1n) is 7.96. The summed E-state index contributed by atoms with van der Waals surface area (Å²) < 4.78 is 9.68. The van der Waals surface area contributed by atoms with Gasteiger partial charge in [0.2, 0.25) is 5.88 Å². The van der Waals surface area contributed by atoms with E-state index in [0.29, 0.717) is 22.0 Å². The molecular formula is C19H14N4O4S. The minimum atomic E-state index is -0.537. The number of pyridine rings is 1. The maximum absolute atomic E-state index is 12.5. The maximum atomic E-state index is 12.5. The monoisotopic (exact) mass is 394 g/mol. The molecule has 3 rings (SSSR count). The molecule has 28 heavy (non-hydrogen) atoms. The van der Waals surface area contributed by atoms with Crippen molar-refractivity contribution in [1.82, 2.24) is 9.97 Å². The zero-order valence-electron chi connectivity index (χ0n) is 14.9. The van der Waals surface area contributed by atoms with E-state index in [0.717, 1.165) is 11.3 Å². The summed E-state index contributed by atoms with van der Waals surface area (Å²) in [6, 6.07) is 11.6. The molecule has 1 amide bonds. The van der Waals surface area contributed by atoms with Crippen molar-refractivity contribution < 1.29 is 19.1 Å². The lowest BCUT2D eigenvalue weighted by molar-refractivity contribution is 0.0600. The predicted molar refractivity (Wildman–Crippen MR) is 102 cm³/mol. The molecule has 8 nitrogen and oxygen atoms in total. The van der Waals surface area contributed by atoms with E-state index in [9.17, 15) is 14.9 Å². The van der Waals surface area contributed by atoms with Crippen LogP contribution >= 0.6 is 11.3 Å². The molecule has 0 spiro atoms. The van der Waals surface area contributed by atoms with Crippen LogP contribution in [-0.2, 0) is 4.74 Å². The standard InChI is InChI=1S/C19H14N4O4S/c1-26-15-7-6-13(10-21-15)16-14(9-20)28-19(22-16)23-17(24)11-4-3-5-12(8-11)18(25)27-2/h3-8,10H,1-2H3,(H,22,23,24). The number of nitriles is 1. The third-order valence-corrected chi connectivity index (χ3v) is 4.59. The summed E-state index contributed by atoms with van der Waals surface area (Å²) in [6.45, 7) is 0. The van der Waals surface area contributed by atoms with Crippen LogP contribution in [0.5, 0.6) is 5.88 Å². The fourth-order valence-corrected chi connectivity index (χ4v) is 3.14. The van der Waals surface area contributed by atoms with Gasteiger partial charge in [-0.25, -0.2) is 14.8 Å². The SMILES string of the molecule is COC(=O)c1cccc(C(=O)Nc2nc(-c3ccc(OC)nc3)c(C#N)s2)c1. The minimum absolute atomic E-state index is 0.260. The summed E-state index contributed by atoms with van der Waals surface area (Å²) in [5, 5.41) is 12.3. The van der Waals surface area contributed by atoms with E-state index in [-0.39, 0.29) is 16.3 Å². The molecule has 0 radical (unpaired) electrons.